The smallest absolute Gasteiger partial charge is 0.323 e. The van der Waals surface area contributed by atoms with Crippen molar-refractivity contribution < 1.29 is 14.7 Å². The van der Waals surface area contributed by atoms with Crippen LogP contribution in [0.15, 0.2) is 0 Å². The summed E-state index contributed by atoms with van der Waals surface area (Å²) >= 11 is 0. The van der Waals surface area contributed by atoms with Gasteiger partial charge in [0.25, 0.3) is 0 Å². The van der Waals surface area contributed by atoms with Gasteiger partial charge in [0.05, 0.1) is 12.0 Å². The predicted molar refractivity (Wildman–Crippen MR) is 61.0 cm³/mol. The van der Waals surface area contributed by atoms with E-state index < -0.39 is 5.97 Å². The Morgan fingerprint density at radius 3 is 2.59 bits per heavy atom. The van der Waals surface area contributed by atoms with Crippen molar-refractivity contribution in [2.24, 2.45) is 5.92 Å². The van der Waals surface area contributed by atoms with E-state index in [1.807, 2.05) is 6.92 Å². The van der Waals surface area contributed by atoms with Gasteiger partial charge in [0, 0.05) is 12.5 Å². The summed E-state index contributed by atoms with van der Waals surface area (Å²) in [6.45, 7) is 1.72. The average molecular weight is 238 g/mol. The molecule has 0 aromatic heterocycles. The highest BCUT2D eigenvalue weighted by atomic mass is 16.4. The van der Waals surface area contributed by atoms with E-state index >= 15 is 0 Å². The standard InChI is InChI=1S/C12H18N2O3/c1-2-3-9(7-13)6-11(15)14(8-12(16)17)10-4-5-10/h9-10H,2-6,8H2,1H3,(H,16,17). The van der Waals surface area contributed by atoms with Gasteiger partial charge < -0.3 is 10.0 Å². The van der Waals surface area contributed by atoms with Gasteiger partial charge in [0.1, 0.15) is 6.54 Å². The van der Waals surface area contributed by atoms with Gasteiger partial charge in [-0.1, -0.05) is 13.3 Å². The summed E-state index contributed by atoms with van der Waals surface area (Å²) in [6, 6.07) is 2.19. The Balaban J connectivity index is 2.52. The molecular weight excluding hydrogens is 220 g/mol. The molecule has 1 atom stereocenters. The van der Waals surface area contributed by atoms with E-state index in [4.69, 9.17) is 10.4 Å². The van der Waals surface area contributed by atoms with Crippen LogP contribution < -0.4 is 0 Å². The lowest BCUT2D eigenvalue weighted by atomic mass is 10.0. The van der Waals surface area contributed by atoms with E-state index in [1.54, 1.807) is 0 Å². The molecule has 0 radical (unpaired) electrons. The quantitative estimate of drug-likeness (QED) is 0.726. The Bertz CT molecular complexity index is 331. The SMILES string of the molecule is CCCC(C#N)CC(=O)N(CC(=O)O)C1CC1. The number of hydrogen-bond donors (Lipinski definition) is 1. The van der Waals surface area contributed by atoms with Crippen LogP contribution in [-0.2, 0) is 9.59 Å². The summed E-state index contributed by atoms with van der Waals surface area (Å²) in [6.07, 6.45) is 3.45. The Morgan fingerprint density at radius 2 is 2.18 bits per heavy atom. The number of carboxylic acids is 1. The Labute approximate surface area is 101 Å². The molecule has 0 spiro atoms. The van der Waals surface area contributed by atoms with Crippen LogP contribution in [0.5, 0.6) is 0 Å². The zero-order valence-electron chi connectivity index (χ0n) is 10.1. The minimum Gasteiger partial charge on any atom is -0.480 e. The van der Waals surface area contributed by atoms with Gasteiger partial charge in [0.2, 0.25) is 5.91 Å². The number of carbonyl (C=O) groups excluding carboxylic acids is 1. The van der Waals surface area contributed by atoms with Gasteiger partial charge >= 0.3 is 5.97 Å². The summed E-state index contributed by atoms with van der Waals surface area (Å²) < 4.78 is 0. The minimum absolute atomic E-state index is 0.0829. The molecule has 1 amide bonds. The van der Waals surface area contributed by atoms with Gasteiger partial charge in [0.15, 0.2) is 0 Å². The fraction of sp³-hybridized carbons (Fsp3) is 0.750. The second-order valence-electron chi connectivity index (χ2n) is 4.47. The van der Waals surface area contributed by atoms with Crippen molar-refractivity contribution in [3.8, 4) is 6.07 Å². The van der Waals surface area contributed by atoms with Crippen LogP contribution in [0.1, 0.15) is 39.0 Å². The van der Waals surface area contributed by atoms with Gasteiger partial charge in [-0.05, 0) is 19.3 Å². The molecular formula is C12H18N2O3. The van der Waals surface area contributed by atoms with Crippen LogP contribution in [-0.4, -0.2) is 34.5 Å². The maximum atomic E-state index is 11.9. The van der Waals surface area contributed by atoms with E-state index in [2.05, 4.69) is 6.07 Å². The van der Waals surface area contributed by atoms with Crippen molar-refractivity contribution in [2.45, 2.75) is 45.1 Å². The van der Waals surface area contributed by atoms with Crippen molar-refractivity contribution in [1.29, 1.82) is 5.26 Å². The first-order valence-electron chi connectivity index (χ1n) is 5.99. The largest absolute Gasteiger partial charge is 0.480 e. The average Bonchev–Trinajstić information content (AvgIpc) is 3.08. The first-order chi connectivity index (χ1) is 8.08. The minimum atomic E-state index is -0.991. The third-order valence-corrected chi connectivity index (χ3v) is 2.85. The molecule has 1 aliphatic rings. The molecule has 1 fully saturated rings. The molecule has 0 aromatic rings. The lowest BCUT2D eigenvalue weighted by Gasteiger charge is -2.21. The molecule has 5 heteroatoms. The van der Waals surface area contributed by atoms with Crippen LogP contribution in [0, 0.1) is 17.2 Å². The normalized spacial score (nSPS) is 16.0. The second-order valence-corrected chi connectivity index (χ2v) is 4.47. The van der Waals surface area contributed by atoms with Crippen molar-refractivity contribution >= 4 is 11.9 Å². The third kappa shape index (κ3) is 4.43. The number of rotatable bonds is 7. The Hall–Kier alpha value is -1.57. The molecule has 17 heavy (non-hydrogen) atoms. The Kier molecular flexibility index (Phi) is 4.95. The highest BCUT2D eigenvalue weighted by Crippen LogP contribution is 2.28. The zero-order chi connectivity index (χ0) is 12.8. The molecule has 0 aliphatic heterocycles. The highest BCUT2D eigenvalue weighted by Gasteiger charge is 2.34. The number of nitriles is 1. The summed E-state index contributed by atoms with van der Waals surface area (Å²) in [7, 11) is 0. The fourth-order valence-electron chi connectivity index (χ4n) is 1.84. The molecule has 5 nitrogen and oxygen atoms in total. The lowest BCUT2D eigenvalue weighted by Crippen LogP contribution is -2.38. The summed E-state index contributed by atoms with van der Waals surface area (Å²) in [4.78, 5) is 24.0. The van der Waals surface area contributed by atoms with Crippen molar-refractivity contribution in [2.75, 3.05) is 6.54 Å². The topological polar surface area (TPSA) is 81.4 Å². The monoisotopic (exact) mass is 238 g/mol. The van der Waals surface area contributed by atoms with Crippen LogP contribution in [0.3, 0.4) is 0 Å². The molecule has 0 heterocycles. The van der Waals surface area contributed by atoms with Crippen LogP contribution >= 0.6 is 0 Å². The Morgan fingerprint density at radius 1 is 1.53 bits per heavy atom. The summed E-state index contributed by atoms with van der Waals surface area (Å²) in [5.74, 6) is -1.48. The molecule has 1 aliphatic carbocycles. The maximum absolute atomic E-state index is 11.9. The zero-order valence-corrected chi connectivity index (χ0v) is 10.1. The molecule has 1 saturated carbocycles. The van der Waals surface area contributed by atoms with Crippen LogP contribution in [0.2, 0.25) is 0 Å². The highest BCUT2D eigenvalue weighted by molar-refractivity contribution is 5.82. The number of amides is 1. The molecule has 0 aromatic carbocycles. The van der Waals surface area contributed by atoms with Crippen LogP contribution in [0.25, 0.3) is 0 Å². The van der Waals surface area contributed by atoms with Gasteiger partial charge in [-0.15, -0.1) is 0 Å². The molecule has 0 saturated heterocycles. The molecule has 94 valence electrons. The number of carboxylic acid groups (broad SMARTS) is 1. The van der Waals surface area contributed by atoms with E-state index in [-0.39, 0.29) is 30.8 Å². The van der Waals surface area contributed by atoms with Gasteiger partial charge in [-0.25, -0.2) is 0 Å². The van der Waals surface area contributed by atoms with E-state index in [9.17, 15) is 9.59 Å². The first-order valence-corrected chi connectivity index (χ1v) is 5.99. The number of hydrogen-bond acceptors (Lipinski definition) is 3. The number of carbonyl (C=O) groups is 2. The van der Waals surface area contributed by atoms with Crippen molar-refractivity contribution in [3.05, 3.63) is 0 Å². The molecule has 0 bridgehead atoms. The van der Waals surface area contributed by atoms with E-state index in [1.165, 1.54) is 4.90 Å². The van der Waals surface area contributed by atoms with Gasteiger partial charge in [-0.3, -0.25) is 9.59 Å². The third-order valence-electron chi connectivity index (χ3n) is 2.85. The molecule has 1 unspecified atom stereocenters. The van der Waals surface area contributed by atoms with E-state index in [0.717, 1.165) is 19.3 Å². The molecule has 1 N–H and O–H groups in total. The van der Waals surface area contributed by atoms with Crippen molar-refractivity contribution in [3.63, 3.8) is 0 Å². The number of aliphatic carboxylic acids is 1. The number of nitrogens with zero attached hydrogens (tertiary/aromatic N) is 2. The summed E-state index contributed by atoms with van der Waals surface area (Å²) in [5, 5.41) is 17.6. The van der Waals surface area contributed by atoms with Gasteiger partial charge in [-0.2, -0.15) is 5.26 Å². The maximum Gasteiger partial charge on any atom is 0.323 e. The first kappa shape index (κ1) is 13.5. The summed E-state index contributed by atoms with van der Waals surface area (Å²) in [5.41, 5.74) is 0. The fourth-order valence-corrected chi connectivity index (χ4v) is 1.84. The predicted octanol–water partition coefficient (Wildman–Crippen LogP) is 1.39. The lowest BCUT2D eigenvalue weighted by molar-refractivity contribution is -0.145. The molecule has 1 rings (SSSR count). The van der Waals surface area contributed by atoms with E-state index in [0.29, 0.717) is 6.42 Å². The van der Waals surface area contributed by atoms with Crippen molar-refractivity contribution in [1.82, 2.24) is 4.90 Å². The van der Waals surface area contributed by atoms with Crippen LogP contribution in [0.4, 0.5) is 0 Å². The second kappa shape index (κ2) is 6.24.